The van der Waals surface area contributed by atoms with Gasteiger partial charge in [-0.05, 0) is 43.0 Å². The molecule has 154 valence electrons. The third kappa shape index (κ3) is 4.70. The summed E-state index contributed by atoms with van der Waals surface area (Å²) in [5.74, 6) is 1.80. The molecule has 2 aromatic rings. The van der Waals surface area contributed by atoms with Crippen molar-refractivity contribution in [3.8, 4) is 5.75 Å². The molecule has 6 heteroatoms. The van der Waals surface area contributed by atoms with Gasteiger partial charge in [0.05, 0.1) is 13.0 Å². The highest BCUT2D eigenvalue weighted by molar-refractivity contribution is 5.78. The van der Waals surface area contributed by atoms with Gasteiger partial charge in [-0.3, -0.25) is 9.59 Å². The van der Waals surface area contributed by atoms with E-state index in [4.69, 9.17) is 4.74 Å². The molecule has 2 atom stereocenters. The van der Waals surface area contributed by atoms with Crippen LogP contribution in [-0.4, -0.2) is 48.2 Å². The number of nitrogens with one attached hydrogen (secondary N) is 1. The molecule has 0 radical (unpaired) electrons. The standard InChI is InChI=1S/C23H29N3O3/c1-2-29-20-8-6-17(7-9-20)13-22(27)24-10-11-25-14-18-12-19(16-25)21-4-3-5-23(28)26(21)15-18/h3-9,18-19H,2,10-16H2,1H3,(H,24,27). The fourth-order valence-corrected chi connectivity index (χ4v) is 4.65. The zero-order chi connectivity index (χ0) is 20.2. The van der Waals surface area contributed by atoms with Gasteiger partial charge in [0.2, 0.25) is 5.91 Å². The van der Waals surface area contributed by atoms with Crippen LogP contribution < -0.4 is 15.6 Å². The number of pyridine rings is 1. The monoisotopic (exact) mass is 395 g/mol. The summed E-state index contributed by atoms with van der Waals surface area (Å²) < 4.78 is 7.39. The Bertz CT molecular complexity index is 906. The molecule has 29 heavy (non-hydrogen) atoms. The molecule has 2 aliphatic heterocycles. The summed E-state index contributed by atoms with van der Waals surface area (Å²) >= 11 is 0. The van der Waals surface area contributed by atoms with Crippen LogP contribution >= 0.6 is 0 Å². The van der Waals surface area contributed by atoms with Crippen LogP contribution in [0.15, 0.2) is 47.3 Å². The molecule has 0 saturated carbocycles. The van der Waals surface area contributed by atoms with Crippen molar-refractivity contribution in [2.45, 2.75) is 32.2 Å². The van der Waals surface area contributed by atoms with Crippen LogP contribution in [0.2, 0.25) is 0 Å². The molecule has 4 rings (SSSR count). The number of aromatic nitrogens is 1. The SMILES string of the molecule is CCOc1ccc(CC(=O)NCCN2CC3CC(C2)c2cccc(=O)n2C3)cc1. The summed E-state index contributed by atoms with van der Waals surface area (Å²) in [4.78, 5) is 26.8. The van der Waals surface area contributed by atoms with E-state index >= 15 is 0 Å². The number of hydrogen-bond acceptors (Lipinski definition) is 4. The molecule has 2 aliphatic rings. The van der Waals surface area contributed by atoms with Crippen molar-refractivity contribution >= 4 is 5.91 Å². The van der Waals surface area contributed by atoms with Crippen molar-refractivity contribution in [3.05, 3.63) is 64.1 Å². The van der Waals surface area contributed by atoms with Gasteiger partial charge in [-0.15, -0.1) is 0 Å². The quantitative estimate of drug-likeness (QED) is 0.779. The van der Waals surface area contributed by atoms with Crippen LogP contribution in [0.25, 0.3) is 0 Å². The maximum atomic E-state index is 12.3. The second-order valence-corrected chi connectivity index (χ2v) is 8.06. The highest BCUT2D eigenvalue weighted by atomic mass is 16.5. The molecule has 1 aromatic heterocycles. The summed E-state index contributed by atoms with van der Waals surface area (Å²) in [5, 5.41) is 3.05. The molecule has 1 N–H and O–H groups in total. The fraction of sp³-hybridized carbons (Fsp3) is 0.478. The van der Waals surface area contributed by atoms with Crippen LogP contribution in [0.5, 0.6) is 5.75 Å². The zero-order valence-corrected chi connectivity index (χ0v) is 17.0. The number of ether oxygens (including phenoxy) is 1. The molecule has 1 amide bonds. The number of carbonyl (C=O) groups excluding carboxylic acids is 1. The molecule has 1 fully saturated rings. The van der Waals surface area contributed by atoms with Crippen molar-refractivity contribution in [2.75, 3.05) is 32.8 Å². The first kappa shape index (κ1) is 19.7. The van der Waals surface area contributed by atoms with Crippen molar-refractivity contribution in [2.24, 2.45) is 5.92 Å². The molecule has 1 saturated heterocycles. The summed E-state index contributed by atoms with van der Waals surface area (Å²) in [6, 6.07) is 13.3. The smallest absolute Gasteiger partial charge is 0.250 e. The lowest BCUT2D eigenvalue weighted by Gasteiger charge is -2.42. The molecule has 6 nitrogen and oxygen atoms in total. The molecule has 0 spiro atoms. The molecule has 3 heterocycles. The van der Waals surface area contributed by atoms with Gasteiger partial charge in [0.1, 0.15) is 5.75 Å². The Labute approximate surface area is 171 Å². The largest absolute Gasteiger partial charge is 0.494 e. The predicted molar refractivity (Wildman–Crippen MR) is 112 cm³/mol. The summed E-state index contributed by atoms with van der Waals surface area (Å²) in [7, 11) is 0. The number of likely N-dealkylation sites (tertiary alicyclic amines) is 1. The lowest BCUT2D eigenvalue weighted by molar-refractivity contribution is -0.120. The van der Waals surface area contributed by atoms with Gasteiger partial charge in [0.15, 0.2) is 0 Å². The average molecular weight is 396 g/mol. The topological polar surface area (TPSA) is 63.6 Å². The number of nitrogens with zero attached hydrogens (tertiary/aromatic N) is 2. The van der Waals surface area contributed by atoms with E-state index in [0.717, 1.165) is 49.6 Å². The van der Waals surface area contributed by atoms with Crippen LogP contribution in [0.4, 0.5) is 0 Å². The molecule has 2 unspecified atom stereocenters. The Hall–Kier alpha value is -2.60. The van der Waals surface area contributed by atoms with Crippen LogP contribution in [0, 0.1) is 5.92 Å². The molecule has 0 aliphatic carbocycles. The van der Waals surface area contributed by atoms with E-state index in [1.807, 2.05) is 41.8 Å². The summed E-state index contributed by atoms with van der Waals surface area (Å²) in [5.41, 5.74) is 2.27. The number of carbonyl (C=O) groups is 1. The van der Waals surface area contributed by atoms with Crippen molar-refractivity contribution in [1.29, 1.82) is 0 Å². The van der Waals surface area contributed by atoms with E-state index in [9.17, 15) is 9.59 Å². The van der Waals surface area contributed by atoms with Gasteiger partial charge in [-0.2, -0.15) is 0 Å². The number of hydrogen-bond donors (Lipinski definition) is 1. The second-order valence-electron chi connectivity index (χ2n) is 8.06. The Morgan fingerprint density at radius 1 is 1.14 bits per heavy atom. The zero-order valence-electron chi connectivity index (χ0n) is 17.0. The predicted octanol–water partition coefficient (Wildman–Crippen LogP) is 2.02. The normalized spacial score (nSPS) is 20.7. The summed E-state index contributed by atoms with van der Waals surface area (Å²) in [6.45, 7) is 6.85. The van der Waals surface area contributed by atoms with Gasteiger partial charge < -0.3 is 19.5 Å². The van der Waals surface area contributed by atoms with Gasteiger partial charge in [0, 0.05) is 50.4 Å². The Morgan fingerprint density at radius 3 is 2.76 bits per heavy atom. The minimum Gasteiger partial charge on any atom is -0.494 e. The van der Waals surface area contributed by atoms with E-state index < -0.39 is 0 Å². The fourth-order valence-electron chi connectivity index (χ4n) is 4.65. The minimum absolute atomic E-state index is 0.0447. The van der Waals surface area contributed by atoms with E-state index in [-0.39, 0.29) is 11.5 Å². The van der Waals surface area contributed by atoms with E-state index in [2.05, 4.69) is 16.3 Å². The van der Waals surface area contributed by atoms with Gasteiger partial charge in [-0.1, -0.05) is 18.2 Å². The Morgan fingerprint density at radius 2 is 1.97 bits per heavy atom. The second kappa shape index (κ2) is 8.82. The van der Waals surface area contributed by atoms with Gasteiger partial charge in [-0.25, -0.2) is 0 Å². The van der Waals surface area contributed by atoms with Crippen LogP contribution in [0.3, 0.4) is 0 Å². The Balaban J connectivity index is 1.25. The van der Waals surface area contributed by atoms with E-state index in [1.165, 1.54) is 0 Å². The average Bonchev–Trinajstić information content (AvgIpc) is 2.70. The van der Waals surface area contributed by atoms with Gasteiger partial charge >= 0.3 is 0 Å². The number of benzene rings is 1. The van der Waals surface area contributed by atoms with Crippen molar-refractivity contribution in [1.82, 2.24) is 14.8 Å². The highest BCUT2D eigenvalue weighted by Crippen LogP contribution is 2.34. The molecule has 2 bridgehead atoms. The molecular formula is C23H29N3O3. The number of fused-ring (bicyclic) bond motifs is 4. The first-order valence-corrected chi connectivity index (χ1v) is 10.5. The van der Waals surface area contributed by atoms with Crippen LogP contribution in [0.1, 0.15) is 30.5 Å². The third-order valence-corrected chi connectivity index (χ3v) is 5.90. The lowest BCUT2D eigenvalue weighted by Crippen LogP contribution is -2.48. The summed E-state index contributed by atoms with van der Waals surface area (Å²) in [6.07, 6.45) is 1.54. The maximum Gasteiger partial charge on any atom is 0.250 e. The molecular weight excluding hydrogens is 366 g/mol. The first-order chi connectivity index (χ1) is 14.1. The maximum absolute atomic E-state index is 12.3. The third-order valence-electron chi connectivity index (χ3n) is 5.90. The number of amides is 1. The lowest BCUT2D eigenvalue weighted by atomic mass is 9.83. The van der Waals surface area contributed by atoms with Crippen molar-refractivity contribution < 1.29 is 9.53 Å². The first-order valence-electron chi connectivity index (χ1n) is 10.5. The molecule has 1 aromatic carbocycles. The minimum atomic E-state index is 0.0447. The van der Waals surface area contributed by atoms with Crippen molar-refractivity contribution in [3.63, 3.8) is 0 Å². The highest BCUT2D eigenvalue weighted by Gasteiger charge is 2.34. The Kier molecular flexibility index (Phi) is 6.00. The van der Waals surface area contributed by atoms with Crippen LogP contribution in [-0.2, 0) is 17.8 Å². The number of piperidine rings is 1. The number of rotatable bonds is 7. The van der Waals surface area contributed by atoms with E-state index in [1.54, 1.807) is 6.07 Å². The van der Waals surface area contributed by atoms with E-state index in [0.29, 0.717) is 31.4 Å². The van der Waals surface area contributed by atoms with Gasteiger partial charge in [0.25, 0.3) is 5.56 Å².